The molecule has 0 spiro atoms. The third kappa shape index (κ3) is 4.82. The maximum Gasteiger partial charge on any atom is 0.326 e. The minimum absolute atomic E-state index is 0.0442. The Labute approximate surface area is 106 Å². The lowest BCUT2D eigenvalue weighted by Crippen LogP contribution is -2.23. The van der Waals surface area contributed by atoms with Gasteiger partial charge in [-0.25, -0.2) is 4.79 Å². The van der Waals surface area contributed by atoms with E-state index in [0.29, 0.717) is 6.54 Å². The lowest BCUT2D eigenvalue weighted by atomic mass is 9.96. The first-order chi connectivity index (χ1) is 8.28. The number of carbonyl (C=O) groups is 3. The van der Waals surface area contributed by atoms with E-state index in [4.69, 9.17) is 0 Å². The van der Waals surface area contributed by atoms with Crippen LogP contribution in [0.15, 0.2) is 23.9 Å². The lowest BCUT2D eigenvalue weighted by Gasteiger charge is -2.10. The monoisotopic (exact) mass is 251 g/mol. The molecule has 1 fully saturated rings. The van der Waals surface area contributed by atoms with Crippen molar-refractivity contribution in [1.82, 2.24) is 16.0 Å². The van der Waals surface area contributed by atoms with Gasteiger partial charge >= 0.3 is 6.03 Å². The molecule has 6 heteroatoms. The summed E-state index contributed by atoms with van der Waals surface area (Å²) in [6.45, 7) is 6.51. The summed E-state index contributed by atoms with van der Waals surface area (Å²) in [5, 5.41) is 6.82. The minimum Gasteiger partial charge on any atom is -0.349 e. The minimum atomic E-state index is -0.619. The second-order valence-corrected chi connectivity index (χ2v) is 4.98. The van der Waals surface area contributed by atoms with Crippen molar-refractivity contribution in [1.29, 1.82) is 0 Å². The molecule has 0 aromatic carbocycles. The Hall–Kier alpha value is -2.11. The number of hydrogen-bond donors (Lipinski definition) is 3. The molecule has 0 saturated carbocycles. The second kappa shape index (κ2) is 5.48. The van der Waals surface area contributed by atoms with Crippen molar-refractivity contribution in [2.45, 2.75) is 20.8 Å². The van der Waals surface area contributed by atoms with Crippen LogP contribution in [-0.2, 0) is 9.59 Å². The maximum atomic E-state index is 11.4. The van der Waals surface area contributed by atoms with Crippen LogP contribution in [0.3, 0.4) is 0 Å². The molecule has 0 atom stereocenters. The van der Waals surface area contributed by atoms with E-state index >= 15 is 0 Å². The van der Waals surface area contributed by atoms with Gasteiger partial charge in [0.05, 0.1) is 0 Å². The van der Waals surface area contributed by atoms with E-state index < -0.39 is 17.8 Å². The standard InChI is InChI=1S/C12H17N3O3/c1-12(2,3)5-4-6-13-9(16)7-8-10(17)15-11(18)14-8/h4-5,7H,6H2,1-3H3,(H,13,16)(H2,14,15,17,18)/b5-4+,8-7+. The summed E-state index contributed by atoms with van der Waals surface area (Å²) >= 11 is 0. The number of imide groups is 1. The Balaban J connectivity index is 2.43. The van der Waals surface area contributed by atoms with Gasteiger partial charge < -0.3 is 10.6 Å². The second-order valence-electron chi connectivity index (χ2n) is 4.98. The van der Waals surface area contributed by atoms with Crippen LogP contribution in [0.2, 0.25) is 0 Å². The summed E-state index contributed by atoms with van der Waals surface area (Å²) in [6, 6.07) is -0.619. The Morgan fingerprint density at radius 2 is 1.94 bits per heavy atom. The van der Waals surface area contributed by atoms with E-state index in [9.17, 15) is 14.4 Å². The fourth-order valence-electron chi connectivity index (χ4n) is 1.24. The van der Waals surface area contributed by atoms with Gasteiger partial charge in [0.2, 0.25) is 5.91 Å². The average molecular weight is 251 g/mol. The van der Waals surface area contributed by atoms with Crippen LogP contribution in [0.1, 0.15) is 20.8 Å². The van der Waals surface area contributed by atoms with Gasteiger partial charge in [-0.2, -0.15) is 0 Å². The van der Waals surface area contributed by atoms with Crippen molar-refractivity contribution in [3.8, 4) is 0 Å². The molecule has 0 aromatic heterocycles. The van der Waals surface area contributed by atoms with Crippen molar-refractivity contribution in [2.75, 3.05) is 6.54 Å². The molecule has 1 saturated heterocycles. The molecule has 1 heterocycles. The first-order valence-corrected chi connectivity index (χ1v) is 5.57. The van der Waals surface area contributed by atoms with E-state index in [0.717, 1.165) is 6.08 Å². The summed E-state index contributed by atoms with van der Waals surface area (Å²) in [7, 11) is 0. The quantitative estimate of drug-likeness (QED) is 0.386. The van der Waals surface area contributed by atoms with E-state index in [1.54, 1.807) is 0 Å². The lowest BCUT2D eigenvalue weighted by molar-refractivity contribution is -0.118. The number of urea groups is 1. The third-order valence-electron chi connectivity index (χ3n) is 2.01. The molecule has 1 aliphatic rings. The Morgan fingerprint density at radius 1 is 1.28 bits per heavy atom. The average Bonchev–Trinajstić information content (AvgIpc) is 2.51. The van der Waals surface area contributed by atoms with Crippen LogP contribution < -0.4 is 16.0 Å². The van der Waals surface area contributed by atoms with Gasteiger partial charge in [0.1, 0.15) is 5.70 Å². The molecule has 98 valence electrons. The molecule has 1 rings (SSSR count). The third-order valence-corrected chi connectivity index (χ3v) is 2.01. The first-order valence-electron chi connectivity index (χ1n) is 5.57. The number of nitrogens with one attached hydrogen (secondary N) is 3. The van der Waals surface area contributed by atoms with Gasteiger partial charge in [0.15, 0.2) is 0 Å². The van der Waals surface area contributed by atoms with Crippen molar-refractivity contribution < 1.29 is 14.4 Å². The molecule has 0 aromatic rings. The van der Waals surface area contributed by atoms with Gasteiger partial charge in [-0.1, -0.05) is 32.9 Å². The summed E-state index contributed by atoms with van der Waals surface area (Å²) in [4.78, 5) is 33.3. The van der Waals surface area contributed by atoms with Gasteiger partial charge in [-0.3, -0.25) is 14.9 Å². The van der Waals surface area contributed by atoms with Crippen LogP contribution in [0.4, 0.5) is 4.79 Å². The van der Waals surface area contributed by atoms with E-state index in [-0.39, 0.29) is 11.1 Å². The molecule has 1 aliphatic heterocycles. The number of hydrogen-bond acceptors (Lipinski definition) is 3. The highest BCUT2D eigenvalue weighted by atomic mass is 16.2. The fraction of sp³-hybridized carbons (Fsp3) is 0.417. The molecular formula is C12H17N3O3. The zero-order valence-corrected chi connectivity index (χ0v) is 10.7. The maximum absolute atomic E-state index is 11.4. The SMILES string of the molecule is CC(C)(C)/C=C/CNC(=O)/C=C1/NC(=O)NC1=O. The molecule has 0 unspecified atom stereocenters. The zero-order chi connectivity index (χ0) is 13.8. The largest absolute Gasteiger partial charge is 0.349 e. The molecule has 0 aliphatic carbocycles. The van der Waals surface area contributed by atoms with Crippen LogP contribution >= 0.6 is 0 Å². The first kappa shape index (κ1) is 14.0. The zero-order valence-electron chi connectivity index (χ0n) is 10.7. The molecule has 0 bridgehead atoms. The van der Waals surface area contributed by atoms with Gasteiger partial charge in [-0.05, 0) is 5.41 Å². The highest BCUT2D eigenvalue weighted by Crippen LogP contribution is 2.13. The molecule has 0 radical (unpaired) electrons. The van der Waals surface area contributed by atoms with Crippen LogP contribution in [0, 0.1) is 5.41 Å². The van der Waals surface area contributed by atoms with Crippen molar-refractivity contribution >= 4 is 17.8 Å². The Morgan fingerprint density at radius 3 is 2.44 bits per heavy atom. The Bertz CT molecular complexity index is 430. The highest BCUT2D eigenvalue weighted by molar-refractivity contribution is 6.14. The number of rotatable bonds is 3. The normalized spacial score (nSPS) is 18.1. The van der Waals surface area contributed by atoms with Gasteiger partial charge in [0.25, 0.3) is 5.91 Å². The topological polar surface area (TPSA) is 87.3 Å². The van der Waals surface area contributed by atoms with Crippen LogP contribution in [0.5, 0.6) is 0 Å². The number of amides is 4. The fourth-order valence-corrected chi connectivity index (χ4v) is 1.24. The smallest absolute Gasteiger partial charge is 0.326 e. The summed E-state index contributed by atoms with van der Waals surface area (Å²) in [5.74, 6) is -1.03. The van der Waals surface area contributed by atoms with Crippen molar-refractivity contribution in [2.24, 2.45) is 5.41 Å². The molecular weight excluding hydrogens is 234 g/mol. The van der Waals surface area contributed by atoms with Gasteiger partial charge in [-0.15, -0.1) is 0 Å². The number of allylic oxidation sites excluding steroid dienone is 1. The number of carbonyl (C=O) groups excluding carboxylic acids is 3. The molecule has 3 N–H and O–H groups in total. The summed E-state index contributed by atoms with van der Waals surface area (Å²) < 4.78 is 0. The summed E-state index contributed by atoms with van der Waals surface area (Å²) in [6.07, 6.45) is 4.87. The molecule has 18 heavy (non-hydrogen) atoms. The van der Waals surface area contributed by atoms with E-state index in [2.05, 4.69) is 10.6 Å². The van der Waals surface area contributed by atoms with Crippen molar-refractivity contribution in [3.05, 3.63) is 23.9 Å². The van der Waals surface area contributed by atoms with E-state index in [1.807, 2.05) is 38.2 Å². The van der Waals surface area contributed by atoms with Crippen LogP contribution in [-0.4, -0.2) is 24.4 Å². The Kier molecular flexibility index (Phi) is 4.25. The predicted octanol–water partition coefficient (Wildman–Crippen LogP) is 0.428. The van der Waals surface area contributed by atoms with Crippen molar-refractivity contribution in [3.63, 3.8) is 0 Å². The highest BCUT2D eigenvalue weighted by Gasteiger charge is 2.23. The van der Waals surface area contributed by atoms with Gasteiger partial charge in [0, 0.05) is 12.6 Å². The van der Waals surface area contributed by atoms with E-state index in [1.165, 1.54) is 0 Å². The molecule has 6 nitrogen and oxygen atoms in total. The molecule has 4 amide bonds. The van der Waals surface area contributed by atoms with Crippen LogP contribution in [0.25, 0.3) is 0 Å². The summed E-state index contributed by atoms with van der Waals surface area (Å²) in [5.41, 5.74) is 0.0139. The predicted molar refractivity (Wildman–Crippen MR) is 66.4 cm³/mol.